The summed E-state index contributed by atoms with van der Waals surface area (Å²) >= 11 is 0. The zero-order valence-electron chi connectivity index (χ0n) is 10.9. The maximum atomic E-state index is 12.2. The molecule has 1 atom stereocenters. The van der Waals surface area contributed by atoms with Crippen LogP contribution in [0.3, 0.4) is 0 Å². The third-order valence-electron chi connectivity index (χ3n) is 2.96. The van der Waals surface area contributed by atoms with Crippen molar-refractivity contribution in [2.75, 3.05) is 6.61 Å². The van der Waals surface area contributed by atoms with Gasteiger partial charge in [-0.3, -0.25) is 14.5 Å². The molecule has 2 rings (SSSR count). The van der Waals surface area contributed by atoms with Crippen LogP contribution in [0, 0.1) is 0 Å². The van der Waals surface area contributed by atoms with Crippen LogP contribution in [0.4, 0.5) is 0 Å². The van der Waals surface area contributed by atoms with Crippen molar-refractivity contribution in [2.24, 2.45) is 0 Å². The van der Waals surface area contributed by atoms with E-state index in [2.05, 4.69) is 6.58 Å². The molecular weight excluding hydrogens is 246 g/mol. The maximum absolute atomic E-state index is 12.2. The average Bonchev–Trinajstić information content (AvgIpc) is 2.68. The summed E-state index contributed by atoms with van der Waals surface area (Å²) in [7, 11) is 0. The van der Waals surface area contributed by atoms with Gasteiger partial charge in [0.2, 0.25) is 0 Å². The number of hydrogen-bond acceptors (Lipinski definition) is 4. The molecule has 0 saturated heterocycles. The van der Waals surface area contributed by atoms with Gasteiger partial charge in [-0.15, -0.1) is 0 Å². The monoisotopic (exact) mass is 261 g/mol. The van der Waals surface area contributed by atoms with E-state index < -0.39 is 6.04 Å². The first-order valence-corrected chi connectivity index (χ1v) is 6.03. The highest BCUT2D eigenvalue weighted by Gasteiger charge is 2.39. The molecule has 0 aromatic heterocycles. The molecule has 0 saturated carbocycles. The standard InChI is InChI=1S/C14H15NO4/c1-4-18-19-10(3)9(2)15-13(16)11-7-5-6-8-12(11)14(15)17/h5-9H,3-4H2,1-2H3. The molecule has 2 amide bonds. The zero-order valence-corrected chi connectivity index (χ0v) is 10.9. The lowest BCUT2D eigenvalue weighted by molar-refractivity contribution is -0.262. The van der Waals surface area contributed by atoms with Crippen molar-refractivity contribution in [3.8, 4) is 0 Å². The van der Waals surface area contributed by atoms with Gasteiger partial charge in [-0.05, 0) is 26.0 Å². The lowest BCUT2D eigenvalue weighted by Crippen LogP contribution is -2.39. The van der Waals surface area contributed by atoms with Gasteiger partial charge in [-0.2, -0.15) is 4.89 Å². The highest BCUT2D eigenvalue weighted by atomic mass is 17.2. The third-order valence-corrected chi connectivity index (χ3v) is 2.96. The second-order valence-corrected chi connectivity index (χ2v) is 4.16. The Morgan fingerprint density at radius 3 is 2.26 bits per heavy atom. The van der Waals surface area contributed by atoms with Crippen molar-refractivity contribution >= 4 is 11.8 Å². The summed E-state index contributed by atoms with van der Waals surface area (Å²) in [5.74, 6) is -0.458. The van der Waals surface area contributed by atoms with E-state index in [1.165, 1.54) is 0 Å². The Kier molecular flexibility index (Phi) is 3.66. The van der Waals surface area contributed by atoms with Crippen LogP contribution in [-0.2, 0) is 9.78 Å². The first kappa shape index (κ1) is 13.3. The fourth-order valence-corrected chi connectivity index (χ4v) is 1.91. The summed E-state index contributed by atoms with van der Waals surface area (Å²) in [5.41, 5.74) is 0.812. The Morgan fingerprint density at radius 2 is 1.79 bits per heavy atom. The summed E-state index contributed by atoms with van der Waals surface area (Å²) in [6.45, 7) is 7.46. The first-order chi connectivity index (χ1) is 9.07. The number of carbonyl (C=O) groups is 2. The molecular formula is C14H15NO4. The second-order valence-electron chi connectivity index (χ2n) is 4.16. The minimum atomic E-state index is -0.584. The minimum Gasteiger partial charge on any atom is -0.340 e. The predicted molar refractivity (Wildman–Crippen MR) is 68.3 cm³/mol. The molecule has 1 aromatic rings. The van der Waals surface area contributed by atoms with Crippen molar-refractivity contribution in [1.82, 2.24) is 4.90 Å². The Labute approximate surface area is 111 Å². The van der Waals surface area contributed by atoms with E-state index in [1.807, 2.05) is 0 Å². The van der Waals surface area contributed by atoms with Gasteiger partial charge in [-0.25, -0.2) is 0 Å². The van der Waals surface area contributed by atoms with Crippen LogP contribution in [0.2, 0.25) is 0 Å². The molecule has 0 fully saturated rings. The lowest BCUT2D eigenvalue weighted by Gasteiger charge is -2.23. The molecule has 0 bridgehead atoms. The van der Waals surface area contributed by atoms with E-state index in [9.17, 15) is 9.59 Å². The van der Waals surface area contributed by atoms with Crippen LogP contribution in [0.1, 0.15) is 34.6 Å². The number of nitrogens with zero attached hydrogens (tertiary/aromatic N) is 1. The zero-order chi connectivity index (χ0) is 14.0. The molecule has 0 radical (unpaired) electrons. The Hall–Kier alpha value is -2.14. The molecule has 1 aliphatic rings. The molecule has 5 heteroatoms. The van der Waals surface area contributed by atoms with Crippen LogP contribution in [0.25, 0.3) is 0 Å². The van der Waals surface area contributed by atoms with Gasteiger partial charge in [0.25, 0.3) is 11.8 Å². The van der Waals surface area contributed by atoms with E-state index in [4.69, 9.17) is 9.78 Å². The number of hydrogen-bond donors (Lipinski definition) is 0. The van der Waals surface area contributed by atoms with Gasteiger partial charge >= 0.3 is 0 Å². The molecule has 0 spiro atoms. The van der Waals surface area contributed by atoms with Crippen molar-refractivity contribution in [1.29, 1.82) is 0 Å². The Morgan fingerprint density at radius 1 is 1.26 bits per heavy atom. The molecule has 5 nitrogen and oxygen atoms in total. The van der Waals surface area contributed by atoms with Gasteiger partial charge in [-0.1, -0.05) is 18.7 Å². The van der Waals surface area contributed by atoms with Crippen molar-refractivity contribution in [3.63, 3.8) is 0 Å². The van der Waals surface area contributed by atoms with Crippen LogP contribution in [0.5, 0.6) is 0 Å². The topological polar surface area (TPSA) is 55.8 Å². The predicted octanol–water partition coefficient (Wildman–Crippen LogP) is 2.15. The highest BCUT2D eigenvalue weighted by Crippen LogP contribution is 2.26. The summed E-state index contributed by atoms with van der Waals surface area (Å²) in [5, 5.41) is 0. The maximum Gasteiger partial charge on any atom is 0.262 e. The van der Waals surface area contributed by atoms with E-state index in [-0.39, 0.29) is 17.6 Å². The van der Waals surface area contributed by atoms with E-state index in [1.54, 1.807) is 38.1 Å². The Balaban J connectivity index is 2.22. The van der Waals surface area contributed by atoms with Crippen LogP contribution in [0.15, 0.2) is 36.6 Å². The van der Waals surface area contributed by atoms with Crippen LogP contribution in [-0.4, -0.2) is 29.4 Å². The number of amides is 2. The SMILES string of the molecule is C=C(OOCC)C(C)N1C(=O)c2ccccc2C1=O. The van der Waals surface area contributed by atoms with Gasteiger partial charge in [0.1, 0.15) is 0 Å². The molecule has 1 unspecified atom stereocenters. The van der Waals surface area contributed by atoms with Gasteiger partial charge in [0.15, 0.2) is 5.76 Å². The molecule has 1 aromatic carbocycles. The molecule has 100 valence electrons. The molecule has 0 aliphatic carbocycles. The first-order valence-electron chi connectivity index (χ1n) is 6.03. The van der Waals surface area contributed by atoms with Gasteiger partial charge in [0.05, 0.1) is 23.8 Å². The fourth-order valence-electron chi connectivity index (χ4n) is 1.91. The normalized spacial score (nSPS) is 15.4. The summed E-state index contributed by atoms with van der Waals surface area (Å²) < 4.78 is 0. The van der Waals surface area contributed by atoms with Crippen molar-refractivity contribution < 1.29 is 19.4 Å². The van der Waals surface area contributed by atoms with E-state index in [0.717, 1.165) is 4.90 Å². The minimum absolute atomic E-state index is 0.219. The second kappa shape index (κ2) is 5.24. The van der Waals surface area contributed by atoms with Gasteiger partial charge in [0, 0.05) is 0 Å². The quantitative estimate of drug-likeness (QED) is 0.353. The number of carbonyl (C=O) groups excluding carboxylic acids is 2. The average molecular weight is 261 g/mol. The summed E-state index contributed by atoms with van der Waals surface area (Å²) in [4.78, 5) is 35.2. The van der Waals surface area contributed by atoms with Crippen molar-refractivity contribution in [2.45, 2.75) is 19.9 Å². The third kappa shape index (κ3) is 2.24. The summed E-state index contributed by atoms with van der Waals surface area (Å²) in [6, 6.07) is 6.13. The largest absolute Gasteiger partial charge is 0.340 e. The highest BCUT2D eigenvalue weighted by molar-refractivity contribution is 6.21. The van der Waals surface area contributed by atoms with E-state index in [0.29, 0.717) is 17.7 Å². The molecule has 1 heterocycles. The Bertz CT molecular complexity index is 503. The fraction of sp³-hybridized carbons (Fsp3) is 0.286. The lowest BCUT2D eigenvalue weighted by atomic mass is 10.1. The number of benzene rings is 1. The number of rotatable bonds is 5. The molecule has 19 heavy (non-hydrogen) atoms. The molecule has 1 aliphatic heterocycles. The number of fused-ring (bicyclic) bond motifs is 1. The van der Waals surface area contributed by atoms with Gasteiger partial charge < -0.3 is 4.89 Å². The molecule has 0 N–H and O–H groups in total. The summed E-state index contributed by atoms with van der Waals surface area (Å²) in [6.07, 6.45) is 0. The smallest absolute Gasteiger partial charge is 0.262 e. The van der Waals surface area contributed by atoms with Crippen LogP contribution < -0.4 is 0 Å². The van der Waals surface area contributed by atoms with E-state index >= 15 is 0 Å². The number of imide groups is 1. The van der Waals surface area contributed by atoms with Crippen LogP contribution >= 0.6 is 0 Å². The van der Waals surface area contributed by atoms with Crippen molar-refractivity contribution in [3.05, 3.63) is 47.7 Å².